The molecule has 22 heavy (non-hydrogen) atoms. The summed E-state index contributed by atoms with van der Waals surface area (Å²) in [5.74, 6) is 1.04. The molecule has 0 aromatic heterocycles. The largest absolute Gasteiger partial charge is 0.371 e. The van der Waals surface area contributed by atoms with Crippen LogP contribution in [0.1, 0.15) is 61.3 Å². The highest BCUT2D eigenvalue weighted by molar-refractivity contribution is 6.09. The molecule has 2 rings (SSSR count). The molecular formula is C19H31N3. The van der Waals surface area contributed by atoms with E-state index in [0.29, 0.717) is 0 Å². The molecule has 3 nitrogen and oxygen atoms in total. The van der Waals surface area contributed by atoms with Gasteiger partial charge in [-0.1, -0.05) is 39.8 Å². The van der Waals surface area contributed by atoms with Gasteiger partial charge in [0.2, 0.25) is 0 Å². The summed E-state index contributed by atoms with van der Waals surface area (Å²) in [6.45, 7) is 15.7. The highest BCUT2D eigenvalue weighted by Gasteiger charge is 2.36. The average molecular weight is 301 g/mol. The van der Waals surface area contributed by atoms with Gasteiger partial charge in [0.15, 0.2) is 0 Å². The lowest BCUT2D eigenvalue weighted by Crippen LogP contribution is -2.51. The zero-order valence-electron chi connectivity index (χ0n) is 15.2. The molecule has 1 aromatic carbocycles. The summed E-state index contributed by atoms with van der Waals surface area (Å²) in [4.78, 5) is 5.12. The predicted octanol–water partition coefficient (Wildman–Crippen LogP) is 5.31. The topological polar surface area (TPSA) is 36.4 Å². The van der Waals surface area contributed by atoms with E-state index >= 15 is 0 Å². The Labute approximate surface area is 135 Å². The minimum absolute atomic E-state index is 0.0923. The van der Waals surface area contributed by atoms with E-state index in [9.17, 15) is 0 Å². The molecule has 1 aliphatic rings. The maximum atomic E-state index is 5.12. The van der Waals surface area contributed by atoms with Crippen LogP contribution in [0.3, 0.4) is 0 Å². The minimum Gasteiger partial charge on any atom is -0.371 e. The van der Waals surface area contributed by atoms with Gasteiger partial charge in [0.1, 0.15) is 5.84 Å². The average Bonchev–Trinajstić information content (AvgIpc) is 2.36. The van der Waals surface area contributed by atoms with Crippen LogP contribution in [-0.2, 0) is 0 Å². The number of rotatable bonds is 3. The van der Waals surface area contributed by atoms with Gasteiger partial charge in [-0.2, -0.15) is 0 Å². The summed E-state index contributed by atoms with van der Waals surface area (Å²) in [7, 11) is 0. The maximum Gasteiger partial charge on any atom is 0.127 e. The van der Waals surface area contributed by atoms with E-state index in [4.69, 9.17) is 4.99 Å². The van der Waals surface area contributed by atoms with Crippen LogP contribution in [0.5, 0.6) is 0 Å². The molecule has 1 aliphatic heterocycles. The van der Waals surface area contributed by atoms with E-state index in [2.05, 4.69) is 83.4 Å². The van der Waals surface area contributed by atoms with Crippen molar-refractivity contribution in [3.8, 4) is 0 Å². The van der Waals surface area contributed by atoms with Gasteiger partial charge in [-0.15, -0.1) is 0 Å². The lowest BCUT2D eigenvalue weighted by Gasteiger charge is -2.40. The highest BCUT2D eigenvalue weighted by Crippen LogP contribution is 2.35. The Morgan fingerprint density at radius 1 is 1.05 bits per heavy atom. The van der Waals surface area contributed by atoms with Gasteiger partial charge < -0.3 is 10.6 Å². The Morgan fingerprint density at radius 3 is 2.18 bits per heavy atom. The number of benzene rings is 1. The lowest BCUT2D eigenvalue weighted by atomic mass is 9.81. The number of amidine groups is 1. The number of hydrogen-bond acceptors (Lipinski definition) is 2. The standard InChI is InChI=1S/C19H31N3/c1-8-19(7)16(22-18(5,6)13-17(2,3)4)20-14-11-9-10-12-15(14)21-19/h9-12,21H,8,13H2,1-7H3,(H,20,22). The molecule has 0 amide bonds. The molecule has 3 heteroatoms. The molecule has 1 heterocycles. The van der Waals surface area contributed by atoms with Crippen LogP contribution in [0.25, 0.3) is 0 Å². The van der Waals surface area contributed by atoms with Gasteiger partial charge in [-0.05, 0) is 51.2 Å². The van der Waals surface area contributed by atoms with Gasteiger partial charge >= 0.3 is 0 Å². The molecule has 0 saturated carbocycles. The van der Waals surface area contributed by atoms with E-state index in [1.54, 1.807) is 0 Å². The molecule has 0 aliphatic carbocycles. The summed E-state index contributed by atoms with van der Waals surface area (Å²) in [6, 6.07) is 8.34. The van der Waals surface area contributed by atoms with Gasteiger partial charge in [0.05, 0.1) is 22.5 Å². The summed E-state index contributed by atoms with van der Waals surface area (Å²) >= 11 is 0. The normalized spacial score (nSPS) is 23.7. The van der Waals surface area contributed by atoms with Crippen molar-refractivity contribution in [3.05, 3.63) is 24.3 Å². The molecule has 0 spiro atoms. The Bertz CT molecular complexity index is 566. The summed E-state index contributed by atoms with van der Waals surface area (Å²) in [5, 5.41) is 7.23. The highest BCUT2D eigenvalue weighted by atomic mass is 15.2. The first-order valence-corrected chi connectivity index (χ1v) is 8.29. The molecule has 2 N–H and O–H groups in total. The molecule has 0 saturated heterocycles. The van der Waals surface area contributed by atoms with E-state index in [0.717, 1.165) is 30.1 Å². The molecular weight excluding hydrogens is 270 g/mol. The summed E-state index contributed by atoms with van der Waals surface area (Å²) < 4.78 is 0. The lowest BCUT2D eigenvalue weighted by molar-refractivity contribution is 0.287. The molecule has 0 radical (unpaired) electrons. The zero-order chi connectivity index (χ0) is 16.6. The minimum atomic E-state index is -0.149. The fourth-order valence-corrected chi connectivity index (χ4v) is 3.37. The molecule has 0 fully saturated rings. The van der Waals surface area contributed by atoms with Crippen molar-refractivity contribution in [2.45, 2.75) is 72.4 Å². The van der Waals surface area contributed by atoms with Crippen molar-refractivity contribution >= 4 is 17.2 Å². The third-order valence-electron chi connectivity index (χ3n) is 4.20. The second-order valence-electron chi connectivity index (χ2n) is 8.49. The first-order chi connectivity index (χ1) is 10.0. The van der Waals surface area contributed by atoms with Crippen molar-refractivity contribution in [1.82, 2.24) is 0 Å². The number of aliphatic imine (C=N–C) groups is 1. The number of anilines is 2. The Kier molecular flexibility index (Phi) is 4.29. The number of para-hydroxylation sites is 2. The van der Waals surface area contributed by atoms with Crippen LogP contribution < -0.4 is 10.6 Å². The number of hydrogen-bond donors (Lipinski definition) is 2. The van der Waals surface area contributed by atoms with Crippen LogP contribution >= 0.6 is 0 Å². The Morgan fingerprint density at radius 2 is 1.64 bits per heavy atom. The monoisotopic (exact) mass is 301 g/mol. The fraction of sp³-hybridized carbons (Fsp3) is 0.632. The second kappa shape index (κ2) is 5.60. The summed E-state index contributed by atoms with van der Waals surface area (Å²) in [5.41, 5.74) is 2.28. The Balaban J connectivity index is 2.38. The third-order valence-corrected chi connectivity index (χ3v) is 4.20. The first kappa shape index (κ1) is 16.9. The molecule has 1 aromatic rings. The van der Waals surface area contributed by atoms with Crippen LogP contribution in [0.4, 0.5) is 11.4 Å². The fourth-order valence-electron chi connectivity index (χ4n) is 3.37. The van der Waals surface area contributed by atoms with E-state index in [-0.39, 0.29) is 16.5 Å². The predicted molar refractivity (Wildman–Crippen MR) is 98.0 cm³/mol. The van der Waals surface area contributed by atoms with Crippen molar-refractivity contribution in [3.63, 3.8) is 0 Å². The second-order valence-corrected chi connectivity index (χ2v) is 8.49. The molecule has 122 valence electrons. The third kappa shape index (κ3) is 3.82. The molecule has 1 atom stereocenters. The van der Waals surface area contributed by atoms with E-state index < -0.39 is 0 Å². The number of nitrogens with zero attached hydrogens (tertiary/aromatic N) is 1. The molecule has 0 bridgehead atoms. The van der Waals surface area contributed by atoms with Crippen LogP contribution in [0, 0.1) is 5.41 Å². The van der Waals surface area contributed by atoms with Crippen molar-refractivity contribution in [2.24, 2.45) is 10.4 Å². The maximum absolute atomic E-state index is 5.12. The van der Waals surface area contributed by atoms with Crippen molar-refractivity contribution in [1.29, 1.82) is 0 Å². The zero-order valence-corrected chi connectivity index (χ0v) is 15.2. The molecule has 1 unspecified atom stereocenters. The quantitative estimate of drug-likeness (QED) is 0.794. The van der Waals surface area contributed by atoms with Crippen LogP contribution in [0.2, 0.25) is 0 Å². The van der Waals surface area contributed by atoms with E-state index in [1.807, 2.05) is 0 Å². The number of nitrogens with one attached hydrogen (secondary N) is 2. The van der Waals surface area contributed by atoms with Gasteiger partial charge in [0.25, 0.3) is 0 Å². The first-order valence-electron chi connectivity index (χ1n) is 8.29. The van der Waals surface area contributed by atoms with Gasteiger partial charge in [-0.3, -0.25) is 4.99 Å². The Hall–Kier alpha value is -1.51. The van der Waals surface area contributed by atoms with Gasteiger partial charge in [-0.25, -0.2) is 0 Å². The summed E-state index contributed by atoms with van der Waals surface area (Å²) in [6.07, 6.45) is 2.03. The van der Waals surface area contributed by atoms with Gasteiger partial charge in [0, 0.05) is 0 Å². The SMILES string of the molecule is CCC1(C)Nc2ccccc2NC1=NC(C)(C)CC(C)(C)C. The number of fused-ring (bicyclic) bond motifs is 1. The van der Waals surface area contributed by atoms with Crippen molar-refractivity contribution < 1.29 is 0 Å². The smallest absolute Gasteiger partial charge is 0.127 e. The van der Waals surface area contributed by atoms with Crippen LogP contribution in [-0.4, -0.2) is 16.9 Å². The van der Waals surface area contributed by atoms with E-state index in [1.165, 1.54) is 0 Å². The van der Waals surface area contributed by atoms with Crippen molar-refractivity contribution in [2.75, 3.05) is 10.6 Å². The van der Waals surface area contributed by atoms with Crippen LogP contribution in [0.15, 0.2) is 29.3 Å².